The molecule has 0 saturated carbocycles. The number of nitrogens with zero attached hydrogens (tertiary/aromatic N) is 1. The van der Waals surface area contributed by atoms with E-state index in [0.717, 1.165) is 34.9 Å². The highest BCUT2D eigenvalue weighted by Crippen LogP contribution is 2.21. The van der Waals surface area contributed by atoms with Gasteiger partial charge in [0.25, 0.3) is 0 Å². The molecule has 23 heavy (non-hydrogen) atoms. The Morgan fingerprint density at radius 3 is 2.57 bits per heavy atom. The van der Waals surface area contributed by atoms with Crippen molar-refractivity contribution in [3.63, 3.8) is 0 Å². The SMILES string of the molecule is CCC(C)c1ccc(NC(=O)CSCc2c(C)noc2C)cc1. The molecule has 1 heterocycles. The van der Waals surface area contributed by atoms with Crippen LogP contribution in [-0.4, -0.2) is 16.8 Å². The first-order chi connectivity index (χ1) is 11.0. The van der Waals surface area contributed by atoms with Gasteiger partial charge in [-0.1, -0.05) is 31.1 Å². The fourth-order valence-electron chi connectivity index (χ4n) is 2.28. The smallest absolute Gasteiger partial charge is 0.234 e. The van der Waals surface area contributed by atoms with Gasteiger partial charge in [0.15, 0.2) is 0 Å². The number of aromatic nitrogens is 1. The fourth-order valence-corrected chi connectivity index (χ4v) is 3.26. The summed E-state index contributed by atoms with van der Waals surface area (Å²) in [7, 11) is 0. The Morgan fingerprint density at radius 2 is 2.00 bits per heavy atom. The number of amides is 1. The summed E-state index contributed by atoms with van der Waals surface area (Å²) in [6, 6.07) is 8.11. The Labute approximate surface area is 142 Å². The maximum absolute atomic E-state index is 12.0. The molecule has 1 atom stereocenters. The summed E-state index contributed by atoms with van der Waals surface area (Å²) < 4.78 is 5.12. The summed E-state index contributed by atoms with van der Waals surface area (Å²) in [5.41, 5.74) is 4.13. The molecule has 1 unspecified atom stereocenters. The second-order valence-corrected chi connectivity index (χ2v) is 6.76. The molecule has 0 radical (unpaired) electrons. The predicted molar refractivity (Wildman–Crippen MR) is 95.9 cm³/mol. The highest BCUT2D eigenvalue weighted by atomic mass is 32.2. The predicted octanol–water partition coefficient (Wildman–Crippen LogP) is 4.68. The molecule has 1 aromatic heterocycles. The molecule has 5 heteroatoms. The van der Waals surface area contributed by atoms with E-state index < -0.39 is 0 Å². The molecule has 0 spiro atoms. The van der Waals surface area contributed by atoms with Crippen molar-refractivity contribution in [2.75, 3.05) is 11.1 Å². The van der Waals surface area contributed by atoms with E-state index in [1.54, 1.807) is 11.8 Å². The third kappa shape index (κ3) is 4.86. The Bertz CT molecular complexity index is 630. The van der Waals surface area contributed by atoms with E-state index in [9.17, 15) is 4.79 Å². The fraction of sp³-hybridized carbons (Fsp3) is 0.444. The van der Waals surface area contributed by atoms with Gasteiger partial charge in [-0.2, -0.15) is 0 Å². The molecule has 0 aliphatic carbocycles. The van der Waals surface area contributed by atoms with Crippen LogP contribution in [0, 0.1) is 13.8 Å². The van der Waals surface area contributed by atoms with Crippen molar-refractivity contribution in [3.8, 4) is 0 Å². The first-order valence-electron chi connectivity index (χ1n) is 7.90. The van der Waals surface area contributed by atoms with Gasteiger partial charge in [-0.3, -0.25) is 4.79 Å². The van der Waals surface area contributed by atoms with Crippen molar-refractivity contribution in [2.24, 2.45) is 0 Å². The van der Waals surface area contributed by atoms with E-state index in [-0.39, 0.29) is 5.91 Å². The van der Waals surface area contributed by atoms with Crippen molar-refractivity contribution in [1.29, 1.82) is 0 Å². The number of rotatable bonds is 7. The van der Waals surface area contributed by atoms with Gasteiger partial charge in [0.2, 0.25) is 5.91 Å². The van der Waals surface area contributed by atoms with Gasteiger partial charge in [0, 0.05) is 17.0 Å². The van der Waals surface area contributed by atoms with Crippen LogP contribution < -0.4 is 5.32 Å². The van der Waals surface area contributed by atoms with Crippen LogP contribution in [-0.2, 0) is 10.5 Å². The zero-order valence-electron chi connectivity index (χ0n) is 14.2. The van der Waals surface area contributed by atoms with Gasteiger partial charge in [-0.25, -0.2) is 0 Å². The van der Waals surface area contributed by atoms with Crippen LogP contribution in [0.3, 0.4) is 0 Å². The van der Waals surface area contributed by atoms with E-state index in [2.05, 4.69) is 36.5 Å². The quantitative estimate of drug-likeness (QED) is 0.800. The van der Waals surface area contributed by atoms with Crippen LogP contribution in [0.5, 0.6) is 0 Å². The first-order valence-corrected chi connectivity index (χ1v) is 9.06. The lowest BCUT2D eigenvalue weighted by atomic mass is 9.99. The van der Waals surface area contributed by atoms with Crippen molar-refractivity contribution in [2.45, 2.75) is 45.8 Å². The van der Waals surface area contributed by atoms with Gasteiger partial charge in [-0.05, 0) is 43.9 Å². The standard InChI is InChI=1S/C18H24N2O2S/c1-5-12(2)15-6-8-16(9-7-15)19-18(21)11-23-10-17-13(3)20-22-14(17)4/h6-9,12H,5,10-11H2,1-4H3,(H,19,21). The molecule has 2 rings (SSSR count). The van der Waals surface area contributed by atoms with Gasteiger partial charge in [0.05, 0.1) is 11.4 Å². The van der Waals surface area contributed by atoms with E-state index in [1.165, 1.54) is 5.56 Å². The summed E-state index contributed by atoms with van der Waals surface area (Å²) in [6.45, 7) is 8.20. The van der Waals surface area contributed by atoms with Gasteiger partial charge in [-0.15, -0.1) is 11.8 Å². The van der Waals surface area contributed by atoms with Crippen LogP contribution in [0.15, 0.2) is 28.8 Å². The molecule has 124 valence electrons. The third-order valence-electron chi connectivity index (χ3n) is 4.04. The maximum atomic E-state index is 12.0. The van der Waals surface area contributed by atoms with Crippen molar-refractivity contribution < 1.29 is 9.32 Å². The maximum Gasteiger partial charge on any atom is 0.234 e. The zero-order chi connectivity index (χ0) is 16.8. The molecule has 1 amide bonds. The molecule has 0 aliphatic rings. The van der Waals surface area contributed by atoms with Crippen LogP contribution in [0.4, 0.5) is 5.69 Å². The van der Waals surface area contributed by atoms with Gasteiger partial charge < -0.3 is 9.84 Å². The number of carbonyl (C=O) groups is 1. The number of benzene rings is 1. The zero-order valence-corrected chi connectivity index (χ0v) is 15.0. The minimum absolute atomic E-state index is 0.0121. The number of carbonyl (C=O) groups excluding carboxylic acids is 1. The molecule has 0 saturated heterocycles. The average molecular weight is 332 g/mol. The van der Waals surface area contributed by atoms with Crippen LogP contribution >= 0.6 is 11.8 Å². The molecule has 1 aromatic carbocycles. The van der Waals surface area contributed by atoms with Crippen molar-refractivity contribution >= 4 is 23.4 Å². The first kappa shape index (κ1) is 17.6. The minimum Gasteiger partial charge on any atom is -0.361 e. The van der Waals surface area contributed by atoms with Crippen LogP contribution in [0.1, 0.15) is 48.8 Å². The topological polar surface area (TPSA) is 55.1 Å². The lowest BCUT2D eigenvalue weighted by molar-refractivity contribution is -0.113. The summed E-state index contributed by atoms with van der Waals surface area (Å²) in [6.07, 6.45) is 1.12. The number of thioether (sulfide) groups is 1. The van der Waals surface area contributed by atoms with Crippen LogP contribution in [0.25, 0.3) is 0 Å². The Morgan fingerprint density at radius 1 is 1.30 bits per heavy atom. The number of nitrogens with one attached hydrogen (secondary N) is 1. The molecule has 0 bridgehead atoms. The van der Waals surface area contributed by atoms with Gasteiger partial charge in [0.1, 0.15) is 5.76 Å². The van der Waals surface area contributed by atoms with E-state index >= 15 is 0 Å². The molecular formula is C18H24N2O2S. The monoisotopic (exact) mass is 332 g/mol. The highest BCUT2D eigenvalue weighted by molar-refractivity contribution is 7.99. The van der Waals surface area contributed by atoms with E-state index in [4.69, 9.17) is 4.52 Å². The molecule has 0 fully saturated rings. The summed E-state index contributed by atoms with van der Waals surface area (Å²) >= 11 is 1.57. The number of anilines is 1. The molecule has 4 nitrogen and oxygen atoms in total. The summed E-state index contributed by atoms with van der Waals surface area (Å²) in [4.78, 5) is 12.0. The van der Waals surface area contributed by atoms with Gasteiger partial charge >= 0.3 is 0 Å². The van der Waals surface area contributed by atoms with Crippen molar-refractivity contribution in [3.05, 3.63) is 46.8 Å². The highest BCUT2D eigenvalue weighted by Gasteiger charge is 2.10. The summed E-state index contributed by atoms with van der Waals surface area (Å²) in [5, 5.41) is 6.86. The second kappa shape index (κ2) is 8.20. The molecule has 0 aliphatic heterocycles. The molecular weight excluding hydrogens is 308 g/mol. The number of hydrogen-bond donors (Lipinski definition) is 1. The number of hydrogen-bond acceptors (Lipinski definition) is 4. The number of aryl methyl sites for hydroxylation is 2. The Hall–Kier alpha value is -1.75. The summed E-state index contributed by atoms with van der Waals surface area (Å²) in [5.74, 6) is 2.54. The Balaban J connectivity index is 1.81. The van der Waals surface area contributed by atoms with Crippen molar-refractivity contribution in [1.82, 2.24) is 5.16 Å². The molecule has 1 N–H and O–H groups in total. The average Bonchev–Trinajstić information content (AvgIpc) is 2.86. The van der Waals surface area contributed by atoms with Crippen LogP contribution in [0.2, 0.25) is 0 Å². The largest absolute Gasteiger partial charge is 0.361 e. The lowest BCUT2D eigenvalue weighted by Crippen LogP contribution is -2.14. The van der Waals surface area contributed by atoms with E-state index in [0.29, 0.717) is 11.7 Å². The molecule has 2 aromatic rings. The van der Waals surface area contributed by atoms with E-state index in [1.807, 2.05) is 26.0 Å². The lowest BCUT2D eigenvalue weighted by Gasteiger charge is -2.10. The minimum atomic E-state index is 0.0121. The second-order valence-electron chi connectivity index (χ2n) is 5.78. The Kier molecular flexibility index (Phi) is 6.28. The normalized spacial score (nSPS) is 12.2. The third-order valence-corrected chi connectivity index (χ3v) is 5.00.